The van der Waals surface area contributed by atoms with Crippen LogP contribution in [0.25, 0.3) is 0 Å². The van der Waals surface area contributed by atoms with Crippen molar-refractivity contribution in [3.8, 4) is 0 Å². The van der Waals surface area contributed by atoms with Crippen molar-refractivity contribution in [2.75, 3.05) is 26.7 Å². The van der Waals surface area contributed by atoms with Gasteiger partial charge in [-0.15, -0.1) is 0 Å². The number of hydrogen-bond donors (Lipinski definition) is 9. The van der Waals surface area contributed by atoms with E-state index in [1.807, 2.05) is 0 Å². The van der Waals surface area contributed by atoms with Crippen LogP contribution >= 0.6 is 0 Å². The highest BCUT2D eigenvalue weighted by atomic mass is 16.6. The standard InChI is InChI=1S/C27H48N6O12/c1-27(2,3)45-26(43)33-18(12-6-9-15-29-24(39)40)21(35)31-17(11-5-8-14-28-23(37)38)20(34)32-19(22(36)44-4)13-7-10-16-30-25(41)42/h17-19,28-30H,5-16H2,1-4H3,(H,31,35)(H,32,34)(H,33,43)(H,37,38)(H,39,40)(H,41,42)/t17-,18-,19-/m0/s1. The molecule has 0 aromatic carbocycles. The number of unbranched alkanes of at least 4 members (excludes halogenated alkanes) is 3. The number of nitrogens with one attached hydrogen (secondary N) is 6. The van der Waals surface area contributed by atoms with Gasteiger partial charge in [0.15, 0.2) is 0 Å². The van der Waals surface area contributed by atoms with Crippen molar-refractivity contribution in [2.24, 2.45) is 0 Å². The number of amides is 6. The molecule has 0 aromatic heterocycles. The lowest BCUT2D eigenvalue weighted by atomic mass is 10.0. The van der Waals surface area contributed by atoms with Gasteiger partial charge in [0.1, 0.15) is 23.7 Å². The van der Waals surface area contributed by atoms with Gasteiger partial charge in [0.25, 0.3) is 0 Å². The minimum atomic E-state index is -1.22. The molecule has 0 aliphatic carbocycles. The van der Waals surface area contributed by atoms with Gasteiger partial charge in [-0.05, 0) is 78.6 Å². The number of carbonyl (C=O) groups is 7. The number of carboxylic acid groups (broad SMARTS) is 3. The van der Waals surface area contributed by atoms with Crippen molar-refractivity contribution < 1.29 is 58.4 Å². The minimum absolute atomic E-state index is 0.0526. The predicted octanol–water partition coefficient (Wildman–Crippen LogP) is 1.34. The number of rotatable bonds is 21. The molecule has 9 N–H and O–H groups in total. The van der Waals surface area contributed by atoms with E-state index in [1.54, 1.807) is 20.8 Å². The number of carbonyl (C=O) groups excluding carboxylic acids is 4. The molecule has 0 unspecified atom stereocenters. The molecule has 258 valence electrons. The van der Waals surface area contributed by atoms with Gasteiger partial charge in [0.05, 0.1) is 7.11 Å². The van der Waals surface area contributed by atoms with Crippen LogP contribution in [0.3, 0.4) is 0 Å². The molecule has 0 rings (SSSR count). The Bertz CT molecular complexity index is 988. The average Bonchev–Trinajstić information content (AvgIpc) is 2.92. The highest BCUT2D eigenvalue weighted by Crippen LogP contribution is 2.11. The maximum absolute atomic E-state index is 13.4. The molecule has 0 fully saturated rings. The first kappa shape index (κ1) is 40.5. The Kier molecular flexibility index (Phi) is 19.9. The molecular formula is C27H48N6O12. The summed E-state index contributed by atoms with van der Waals surface area (Å²) >= 11 is 0. The molecule has 18 heteroatoms. The van der Waals surface area contributed by atoms with Crippen molar-refractivity contribution in [3.63, 3.8) is 0 Å². The maximum atomic E-state index is 13.4. The van der Waals surface area contributed by atoms with Crippen LogP contribution in [-0.2, 0) is 23.9 Å². The van der Waals surface area contributed by atoms with E-state index >= 15 is 0 Å². The maximum Gasteiger partial charge on any atom is 0.408 e. The summed E-state index contributed by atoms with van der Waals surface area (Å²) in [7, 11) is 1.14. The van der Waals surface area contributed by atoms with Crippen LogP contribution in [0.4, 0.5) is 19.2 Å². The van der Waals surface area contributed by atoms with E-state index in [0.29, 0.717) is 38.5 Å². The molecule has 0 bridgehead atoms. The normalized spacial score (nSPS) is 12.8. The molecule has 0 radical (unpaired) electrons. The van der Waals surface area contributed by atoms with Gasteiger partial charge < -0.3 is 56.7 Å². The van der Waals surface area contributed by atoms with Gasteiger partial charge in [0.2, 0.25) is 11.8 Å². The van der Waals surface area contributed by atoms with Gasteiger partial charge in [0, 0.05) is 19.6 Å². The summed E-state index contributed by atoms with van der Waals surface area (Å²) < 4.78 is 10.0. The quantitative estimate of drug-likeness (QED) is 0.0630. The molecule has 0 aliphatic rings. The fourth-order valence-electron chi connectivity index (χ4n) is 3.93. The van der Waals surface area contributed by atoms with Crippen LogP contribution in [0.1, 0.15) is 78.6 Å². The van der Waals surface area contributed by atoms with Crippen LogP contribution in [0.2, 0.25) is 0 Å². The van der Waals surface area contributed by atoms with E-state index in [0.717, 1.165) is 7.11 Å². The third kappa shape index (κ3) is 21.8. The van der Waals surface area contributed by atoms with Gasteiger partial charge >= 0.3 is 30.3 Å². The summed E-state index contributed by atoms with van der Waals surface area (Å²) in [6.45, 7) is 5.27. The number of hydrogen-bond acceptors (Lipinski definition) is 9. The van der Waals surface area contributed by atoms with Gasteiger partial charge in [-0.2, -0.15) is 0 Å². The lowest BCUT2D eigenvalue weighted by Crippen LogP contribution is -2.56. The molecule has 0 saturated heterocycles. The first-order valence-corrected chi connectivity index (χ1v) is 14.6. The van der Waals surface area contributed by atoms with E-state index < -0.39 is 65.9 Å². The molecule has 0 aliphatic heterocycles. The second-order valence-corrected chi connectivity index (χ2v) is 11.0. The Morgan fingerprint density at radius 3 is 1.29 bits per heavy atom. The van der Waals surface area contributed by atoms with E-state index in [2.05, 4.69) is 31.9 Å². The third-order valence-electron chi connectivity index (χ3n) is 6.03. The average molecular weight is 649 g/mol. The highest BCUT2D eigenvalue weighted by Gasteiger charge is 2.30. The Morgan fingerprint density at radius 1 is 0.578 bits per heavy atom. The Labute approximate surface area is 261 Å². The second-order valence-electron chi connectivity index (χ2n) is 11.0. The van der Waals surface area contributed by atoms with Crippen molar-refractivity contribution in [3.05, 3.63) is 0 Å². The summed E-state index contributed by atoms with van der Waals surface area (Å²) in [5.41, 5.74) is -0.866. The number of ether oxygens (including phenoxy) is 2. The zero-order valence-corrected chi connectivity index (χ0v) is 26.2. The van der Waals surface area contributed by atoms with Crippen molar-refractivity contribution in [1.29, 1.82) is 0 Å². The lowest BCUT2D eigenvalue weighted by Gasteiger charge is -2.26. The molecule has 0 heterocycles. The molecule has 6 amide bonds. The van der Waals surface area contributed by atoms with E-state index in [-0.39, 0.29) is 38.9 Å². The van der Waals surface area contributed by atoms with Crippen LogP contribution in [-0.4, -0.2) is 108 Å². The van der Waals surface area contributed by atoms with E-state index in [9.17, 15) is 33.6 Å². The molecule has 3 atom stereocenters. The number of esters is 1. The first-order valence-electron chi connectivity index (χ1n) is 14.6. The predicted molar refractivity (Wildman–Crippen MR) is 159 cm³/mol. The summed E-state index contributed by atoms with van der Waals surface area (Å²) in [4.78, 5) is 83.7. The second kappa shape index (κ2) is 22.1. The van der Waals surface area contributed by atoms with Gasteiger partial charge in [-0.3, -0.25) is 9.59 Å². The van der Waals surface area contributed by atoms with Crippen LogP contribution in [0.15, 0.2) is 0 Å². The molecule has 0 saturated carbocycles. The largest absolute Gasteiger partial charge is 0.467 e. The summed E-state index contributed by atoms with van der Waals surface area (Å²) in [6, 6.07) is -3.45. The zero-order chi connectivity index (χ0) is 34.4. The lowest BCUT2D eigenvalue weighted by molar-refractivity contribution is -0.145. The smallest absolute Gasteiger partial charge is 0.408 e. The van der Waals surface area contributed by atoms with Crippen LogP contribution < -0.4 is 31.9 Å². The Balaban J connectivity index is 5.72. The van der Waals surface area contributed by atoms with Crippen molar-refractivity contribution in [2.45, 2.75) is 102 Å². The highest BCUT2D eigenvalue weighted by molar-refractivity contribution is 5.93. The molecule has 0 spiro atoms. The molecule has 0 aromatic rings. The van der Waals surface area contributed by atoms with E-state index in [4.69, 9.17) is 24.8 Å². The molecule has 45 heavy (non-hydrogen) atoms. The monoisotopic (exact) mass is 648 g/mol. The zero-order valence-electron chi connectivity index (χ0n) is 26.2. The Hall–Kier alpha value is -4.51. The fraction of sp³-hybridized carbons (Fsp3) is 0.741. The molecule has 18 nitrogen and oxygen atoms in total. The first-order chi connectivity index (χ1) is 21.0. The van der Waals surface area contributed by atoms with E-state index in [1.165, 1.54) is 0 Å². The SMILES string of the molecule is COC(=O)[C@H](CCCCNC(=O)O)NC(=O)[C@H](CCCCNC(=O)O)NC(=O)[C@H](CCCCNC(=O)O)NC(=O)OC(C)(C)C. The molecular weight excluding hydrogens is 600 g/mol. The van der Waals surface area contributed by atoms with Crippen LogP contribution in [0, 0.1) is 0 Å². The minimum Gasteiger partial charge on any atom is -0.467 e. The fourth-order valence-corrected chi connectivity index (χ4v) is 3.93. The summed E-state index contributed by atoms with van der Waals surface area (Å²) in [5, 5.41) is 40.5. The van der Waals surface area contributed by atoms with Crippen LogP contribution in [0.5, 0.6) is 0 Å². The van der Waals surface area contributed by atoms with Gasteiger partial charge in [-0.25, -0.2) is 24.0 Å². The topological polar surface area (TPSA) is 271 Å². The summed E-state index contributed by atoms with van der Waals surface area (Å²) in [6.07, 6.45) is -2.18. The van der Waals surface area contributed by atoms with Gasteiger partial charge in [-0.1, -0.05) is 0 Å². The summed E-state index contributed by atoms with van der Waals surface area (Å²) in [5.74, 6) is -2.20. The number of methoxy groups -OCH3 is 1. The van der Waals surface area contributed by atoms with Crippen molar-refractivity contribution >= 4 is 42.2 Å². The number of alkyl carbamates (subject to hydrolysis) is 1. The Morgan fingerprint density at radius 2 is 0.933 bits per heavy atom. The third-order valence-corrected chi connectivity index (χ3v) is 6.03. The van der Waals surface area contributed by atoms with Crippen molar-refractivity contribution in [1.82, 2.24) is 31.9 Å².